The van der Waals surface area contributed by atoms with E-state index in [0.29, 0.717) is 42.9 Å². The summed E-state index contributed by atoms with van der Waals surface area (Å²) in [6.45, 7) is 1.87. The number of aromatic nitrogens is 4. The molecule has 0 atom stereocenters. The number of piperazine rings is 1. The number of furan rings is 1. The van der Waals surface area contributed by atoms with E-state index in [9.17, 15) is 9.59 Å². The van der Waals surface area contributed by atoms with Gasteiger partial charge in [-0.3, -0.25) is 19.1 Å². The minimum absolute atomic E-state index is 0.0140. The number of pyridine rings is 1. The Kier molecular flexibility index (Phi) is 6.99. The van der Waals surface area contributed by atoms with Crippen LogP contribution >= 0.6 is 11.8 Å². The Hall–Kier alpha value is -4.12. The maximum absolute atomic E-state index is 13.0. The average molecular weight is 505 g/mol. The lowest BCUT2D eigenvalue weighted by molar-refractivity contribution is -0.129. The summed E-state index contributed by atoms with van der Waals surface area (Å²) >= 11 is 1.33. The minimum Gasteiger partial charge on any atom is -0.497 e. The number of benzene rings is 1. The van der Waals surface area contributed by atoms with Gasteiger partial charge in [-0.2, -0.15) is 0 Å². The van der Waals surface area contributed by atoms with E-state index in [4.69, 9.17) is 9.15 Å². The maximum atomic E-state index is 13.0. The molecular weight excluding hydrogens is 480 g/mol. The fraction of sp³-hybridized carbons (Fsp3) is 0.240. The molecule has 10 nitrogen and oxygen atoms in total. The minimum atomic E-state index is -0.155. The first-order valence-corrected chi connectivity index (χ1v) is 12.4. The SMILES string of the molecule is COc1ccc(-n2c(SCC(=O)N3CCN(C(=O)c4ccco4)CC3)nnc2-c2ccncc2)cc1. The van der Waals surface area contributed by atoms with Crippen LogP contribution in [0.4, 0.5) is 0 Å². The highest BCUT2D eigenvalue weighted by molar-refractivity contribution is 7.99. The first-order valence-electron chi connectivity index (χ1n) is 11.4. The first kappa shape index (κ1) is 23.6. The monoisotopic (exact) mass is 504 g/mol. The highest BCUT2D eigenvalue weighted by atomic mass is 32.2. The number of carbonyl (C=O) groups excluding carboxylic acids is 2. The third-order valence-corrected chi connectivity index (χ3v) is 6.79. The van der Waals surface area contributed by atoms with Gasteiger partial charge < -0.3 is 19.0 Å². The van der Waals surface area contributed by atoms with Crippen LogP contribution in [0.25, 0.3) is 17.1 Å². The van der Waals surface area contributed by atoms with Gasteiger partial charge in [0.1, 0.15) is 5.75 Å². The van der Waals surface area contributed by atoms with Crippen LogP contribution in [-0.4, -0.2) is 80.4 Å². The van der Waals surface area contributed by atoms with Crippen molar-refractivity contribution in [2.24, 2.45) is 0 Å². The van der Waals surface area contributed by atoms with Crippen LogP contribution in [-0.2, 0) is 4.79 Å². The van der Waals surface area contributed by atoms with Gasteiger partial charge in [0.25, 0.3) is 5.91 Å². The highest BCUT2D eigenvalue weighted by Crippen LogP contribution is 2.29. The van der Waals surface area contributed by atoms with Gasteiger partial charge in [0.15, 0.2) is 16.7 Å². The quantitative estimate of drug-likeness (QED) is 0.354. The predicted octanol–water partition coefficient (Wildman–Crippen LogP) is 3.01. The van der Waals surface area contributed by atoms with Gasteiger partial charge in [-0.05, 0) is 48.5 Å². The molecule has 0 unspecified atom stereocenters. The molecule has 0 N–H and O–H groups in total. The lowest BCUT2D eigenvalue weighted by Gasteiger charge is -2.34. The van der Waals surface area contributed by atoms with Crippen molar-refractivity contribution < 1.29 is 18.7 Å². The second kappa shape index (κ2) is 10.6. The summed E-state index contributed by atoms with van der Waals surface area (Å²) in [5, 5.41) is 9.39. The van der Waals surface area contributed by atoms with Crippen LogP contribution in [0, 0.1) is 0 Å². The third kappa shape index (κ3) is 4.96. The van der Waals surface area contributed by atoms with Gasteiger partial charge in [-0.25, -0.2) is 0 Å². The molecule has 4 aromatic rings. The lowest BCUT2D eigenvalue weighted by atomic mass is 10.2. The molecule has 184 valence electrons. The zero-order valence-electron chi connectivity index (χ0n) is 19.6. The normalized spacial score (nSPS) is 13.6. The van der Waals surface area contributed by atoms with E-state index in [1.54, 1.807) is 41.4 Å². The Bertz CT molecular complexity index is 1320. The van der Waals surface area contributed by atoms with E-state index in [1.807, 2.05) is 41.0 Å². The number of ether oxygens (including phenoxy) is 1. The summed E-state index contributed by atoms with van der Waals surface area (Å²) in [5.74, 6) is 1.75. The average Bonchev–Trinajstić information content (AvgIpc) is 3.63. The molecule has 1 aromatic carbocycles. The molecule has 0 bridgehead atoms. The number of hydrogen-bond donors (Lipinski definition) is 0. The molecule has 1 aliphatic heterocycles. The van der Waals surface area contributed by atoms with Crippen LogP contribution in [0.1, 0.15) is 10.6 Å². The van der Waals surface area contributed by atoms with E-state index in [1.165, 1.54) is 18.0 Å². The van der Waals surface area contributed by atoms with Crippen molar-refractivity contribution in [3.8, 4) is 22.8 Å². The molecule has 0 spiro atoms. The van der Waals surface area contributed by atoms with Gasteiger partial charge in [0.05, 0.1) is 19.1 Å². The van der Waals surface area contributed by atoms with Crippen molar-refractivity contribution in [2.45, 2.75) is 5.16 Å². The number of carbonyl (C=O) groups is 2. The van der Waals surface area contributed by atoms with E-state index in [-0.39, 0.29) is 17.6 Å². The Balaban J connectivity index is 1.28. The molecule has 1 fully saturated rings. The first-order chi connectivity index (χ1) is 17.6. The second-order valence-corrected chi connectivity index (χ2v) is 8.96. The van der Waals surface area contributed by atoms with Gasteiger partial charge in [0, 0.05) is 49.8 Å². The Morgan fingerprint density at radius 1 is 0.972 bits per heavy atom. The molecule has 3 aromatic heterocycles. The Morgan fingerprint density at radius 2 is 1.69 bits per heavy atom. The number of nitrogens with zero attached hydrogens (tertiary/aromatic N) is 6. The third-order valence-electron chi connectivity index (χ3n) is 5.88. The predicted molar refractivity (Wildman–Crippen MR) is 133 cm³/mol. The largest absolute Gasteiger partial charge is 0.497 e. The number of methoxy groups -OCH3 is 1. The number of hydrogen-bond acceptors (Lipinski definition) is 8. The standard InChI is InChI=1S/C25H24N6O4S/c1-34-20-6-4-19(5-7-20)31-23(18-8-10-26-11-9-18)27-28-25(31)36-17-22(32)29-12-14-30(15-13-29)24(33)21-3-2-16-35-21/h2-11,16H,12-15,17H2,1H3. The summed E-state index contributed by atoms with van der Waals surface area (Å²) in [7, 11) is 1.62. The van der Waals surface area contributed by atoms with Gasteiger partial charge >= 0.3 is 0 Å². The summed E-state index contributed by atoms with van der Waals surface area (Å²) in [4.78, 5) is 33.0. The molecule has 36 heavy (non-hydrogen) atoms. The molecule has 0 aliphatic carbocycles. The topological polar surface area (TPSA) is 107 Å². The van der Waals surface area contributed by atoms with Crippen molar-refractivity contribution in [1.29, 1.82) is 0 Å². The zero-order chi connectivity index (χ0) is 24.9. The van der Waals surface area contributed by atoms with Gasteiger partial charge in [-0.15, -0.1) is 10.2 Å². The Morgan fingerprint density at radius 3 is 2.36 bits per heavy atom. The van der Waals surface area contributed by atoms with Crippen LogP contribution in [0.3, 0.4) is 0 Å². The smallest absolute Gasteiger partial charge is 0.289 e. The van der Waals surface area contributed by atoms with Gasteiger partial charge in [-0.1, -0.05) is 11.8 Å². The van der Waals surface area contributed by atoms with Crippen LogP contribution in [0.5, 0.6) is 5.75 Å². The lowest BCUT2D eigenvalue weighted by Crippen LogP contribution is -2.51. The van der Waals surface area contributed by atoms with Crippen molar-refractivity contribution in [3.05, 3.63) is 72.9 Å². The Labute approximate surface area is 211 Å². The van der Waals surface area contributed by atoms with Crippen molar-refractivity contribution >= 4 is 23.6 Å². The van der Waals surface area contributed by atoms with Crippen LogP contribution in [0.15, 0.2) is 76.8 Å². The summed E-state index contributed by atoms with van der Waals surface area (Å²) in [5.41, 5.74) is 1.72. The molecule has 1 saturated heterocycles. The number of thioether (sulfide) groups is 1. The second-order valence-electron chi connectivity index (χ2n) is 8.01. The number of rotatable bonds is 7. The van der Waals surface area contributed by atoms with Crippen LogP contribution in [0.2, 0.25) is 0 Å². The van der Waals surface area contributed by atoms with E-state index in [0.717, 1.165) is 17.0 Å². The van der Waals surface area contributed by atoms with Crippen LogP contribution < -0.4 is 4.74 Å². The van der Waals surface area contributed by atoms with Crippen molar-refractivity contribution in [3.63, 3.8) is 0 Å². The molecule has 0 saturated carbocycles. The molecule has 5 rings (SSSR count). The number of amides is 2. The van der Waals surface area contributed by atoms with E-state index < -0.39 is 0 Å². The molecular formula is C25H24N6O4S. The summed E-state index contributed by atoms with van der Waals surface area (Å²) in [6, 6.07) is 14.7. The molecule has 1 aliphatic rings. The van der Waals surface area contributed by atoms with E-state index >= 15 is 0 Å². The molecule has 2 amide bonds. The fourth-order valence-electron chi connectivity index (χ4n) is 3.95. The molecule has 0 radical (unpaired) electrons. The molecule has 4 heterocycles. The zero-order valence-corrected chi connectivity index (χ0v) is 20.4. The van der Waals surface area contributed by atoms with E-state index in [2.05, 4.69) is 15.2 Å². The van der Waals surface area contributed by atoms with Crippen molar-refractivity contribution in [1.82, 2.24) is 29.5 Å². The summed E-state index contributed by atoms with van der Waals surface area (Å²) in [6.07, 6.45) is 4.89. The van der Waals surface area contributed by atoms with Gasteiger partial charge in [0.2, 0.25) is 5.91 Å². The molecule has 11 heteroatoms. The maximum Gasteiger partial charge on any atom is 0.289 e. The van der Waals surface area contributed by atoms with Crippen molar-refractivity contribution in [2.75, 3.05) is 39.0 Å². The highest BCUT2D eigenvalue weighted by Gasteiger charge is 2.26. The summed E-state index contributed by atoms with van der Waals surface area (Å²) < 4.78 is 12.4. The fourth-order valence-corrected chi connectivity index (χ4v) is 4.80.